The summed E-state index contributed by atoms with van der Waals surface area (Å²) < 4.78 is 41.0. The van der Waals surface area contributed by atoms with Gasteiger partial charge in [-0.3, -0.25) is 13.9 Å². The molecule has 0 aliphatic carbocycles. The first-order valence-corrected chi connectivity index (χ1v) is 15.7. The Labute approximate surface area is 257 Å². The molecule has 3 rings (SSSR count). The number of aryl methyl sites for hydroxylation is 1. The van der Waals surface area contributed by atoms with Crippen LogP contribution in [0, 0.1) is 12.8 Å². The lowest BCUT2D eigenvalue weighted by molar-refractivity contribution is -0.139. The Kier molecular flexibility index (Phi) is 11.4. The van der Waals surface area contributed by atoms with Crippen LogP contribution in [-0.4, -0.2) is 58.5 Å². The number of carbonyl (C=O) groups excluding carboxylic acids is 2. The number of rotatable bonds is 13. The largest absolute Gasteiger partial charge is 0.497 e. The first-order chi connectivity index (χ1) is 19.9. The number of amides is 2. The molecule has 42 heavy (non-hydrogen) atoms. The number of hydrogen-bond acceptors (Lipinski definition) is 6. The lowest BCUT2D eigenvalue weighted by atomic mass is 10.1. The highest BCUT2D eigenvalue weighted by Crippen LogP contribution is 2.36. The normalized spacial score (nSPS) is 12.0. The van der Waals surface area contributed by atoms with E-state index in [0.717, 1.165) is 19.9 Å². The summed E-state index contributed by atoms with van der Waals surface area (Å²) >= 11 is 3.42. The minimum atomic E-state index is -4.26. The third-order valence-electron chi connectivity index (χ3n) is 6.66. The topological polar surface area (TPSA) is 105 Å². The van der Waals surface area contributed by atoms with Crippen molar-refractivity contribution in [3.63, 3.8) is 0 Å². The van der Waals surface area contributed by atoms with Gasteiger partial charge in [-0.05, 0) is 61.7 Å². The van der Waals surface area contributed by atoms with Gasteiger partial charge in [0.1, 0.15) is 24.1 Å². The maximum atomic E-state index is 14.1. The molecule has 3 aromatic carbocycles. The summed E-state index contributed by atoms with van der Waals surface area (Å²) in [6.07, 6.45) is 0. The van der Waals surface area contributed by atoms with Crippen LogP contribution in [0.1, 0.15) is 31.9 Å². The molecular weight excluding hydrogens is 622 g/mol. The molecule has 0 aliphatic heterocycles. The number of ether oxygens (including phenoxy) is 2. The maximum Gasteiger partial charge on any atom is 0.264 e. The van der Waals surface area contributed by atoms with E-state index in [1.165, 1.54) is 37.3 Å². The molecule has 0 heterocycles. The van der Waals surface area contributed by atoms with Gasteiger partial charge in [0, 0.05) is 23.6 Å². The van der Waals surface area contributed by atoms with Gasteiger partial charge < -0.3 is 19.7 Å². The molecule has 0 bridgehead atoms. The molecule has 3 aromatic rings. The van der Waals surface area contributed by atoms with Crippen molar-refractivity contribution >= 4 is 43.5 Å². The summed E-state index contributed by atoms with van der Waals surface area (Å²) in [5, 5.41) is 2.88. The molecule has 2 amide bonds. The van der Waals surface area contributed by atoms with Crippen LogP contribution in [0.25, 0.3) is 0 Å². The molecular formula is C31H38BrN3O6S. The minimum absolute atomic E-state index is 0.00737. The first-order valence-electron chi connectivity index (χ1n) is 13.5. The van der Waals surface area contributed by atoms with Gasteiger partial charge in [-0.1, -0.05) is 59.6 Å². The molecule has 0 fully saturated rings. The average molecular weight is 661 g/mol. The van der Waals surface area contributed by atoms with Crippen molar-refractivity contribution < 1.29 is 27.5 Å². The molecule has 9 nitrogen and oxygen atoms in total. The summed E-state index contributed by atoms with van der Waals surface area (Å²) in [6.45, 7) is 7.40. The van der Waals surface area contributed by atoms with E-state index in [-0.39, 0.29) is 34.7 Å². The quantitative estimate of drug-likeness (QED) is 0.272. The Morgan fingerprint density at radius 1 is 0.929 bits per heavy atom. The SMILES string of the molecule is COc1ccc(OC)c(N(CC(=O)N(Cc2ccc(Br)cc2)[C@H](C)C(=O)NCC(C)C)S(=O)(=O)c2ccc(C)cc2)c1. The van der Waals surface area contributed by atoms with Gasteiger partial charge in [-0.2, -0.15) is 0 Å². The molecule has 0 saturated carbocycles. The summed E-state index contributed by atoms with van der Waals surface area (Å²) in [6, 6.07) is 17.6. The fourth-order valence-corrected chi connectivity index (χ4v) is 5.84. The van der Waals surface area contributed by atoms with E-state index in [2.05, 4.69) is 21.2 Å². The van der Waals surface area contributed by atoms with Gasteiger partial charge in [-0.15, -0.1) is 0 Å². The smallest absolute Gasteiger partial charge is 0.264 e. The van der Waals surface area contributed by atoms with Crippen LogP contribution in [0.3, 0.4) is 0 Å². The lowest BCUT2D eigenvalue weighted by Gasteiger charge is -2.32. The molecule has 1 atom stereocenters. The van der Waals surface area contributed by atoms with Gasteiger partial charge in [0.25, 0.3) is 10.0 Å². The molecule has 11 heteroatoms. The van der Waals surface area contributed by atoms with E-state index in [4.69, 9.17) is 9.47 Å². The third kappa shape index (κ3) is 8.25. The number of methoxy groups -OCH3 is 2. The van der Waals surface area contributed by atoms with Gasteiger partial charge in [0.2, 0.25) is 11.8 Å². The van der Waals surface area contributed by atoms with Crippen LogP contribution in [-0.2, 0) is 26.2 Å². The van der Waals surface area contributed by atoms with Crippen molar-refractivity contribution in [2.24, 2.45) is 5.92 Å². The Bertz CT molecular complexity index is 1480. The molecule has 1 N–H and O–H groups in total. The van der Waals surface area contributed by atoms with Gasteiger partial charge >= 0.3 is 0 Å². The van der Waals surface area contributed by atoms with Crippen molar-refractivity contribution in [3.05, 3.63) is 82.3 Å². The highest BCUT2D eigenvalue weighted by Gasteiger charge is 2.34. The second-order valence-electron chi connectivity index (χ2n) is 10.3. The molecule has 0 unspecified atom stereocenters. The van der Waals surface area contributed by atoms with Gasteiger partial charge in [0.05, 0.1) is 24.8 Å². The number of halogens is 1. The zero-order valence-electron chi connectivity index (χ0n) is 24.8. The number of anilines is 1. The van der Waals surface area contributed by atoms with Crippen LogP contribution >= 0.6 is 15.9 Å². The average Bonchev–Trinajstić information content (AvgIpc) is 2.97. The molecule has 226 valence electrons. The molecule has 0 radical (unpaired) electrons. The van der Waals surface area contributed by atoms with Crippen LogP contribution in [0.5, 0.6) is 11.5 Å². The predicted octanol–water partition coefficient (Wildman–Crippen LogP) is 5.16. The zero-order valence-corrected chi connectivity index (χ0v) is 27.2. The van der Waals surface area contributed by atoms with Crippen molar-refractivity contribution in [2.75, 3.05) is 31.6 Å². The summed E-state index contributed by atoms with van der Waals surface area (Å²) in [4.78, 5) is 28.7. The van der Waals surface area contributed by atoms with E-state index < -0.39 is 28.5 Å². The van der Waals surface area contributed by atoms with Gasteiger partial charge in [-0.25, -0.2) is 8.42 Å². The Morgan fingerprint density at radius 2 is 1.57 bits per heavy atom. The van der Waals surface area contributed by atoms with Crippen molar-refractivity contribution in [2.45, 2.75) is 45.2 Å². The van der Waals surface area contributed by atoms with E-state index in [9.17, 15) is 18.0 Å². The number of carbonyl (C=O) groups is 2. The summed E-state index contributed by atoms with van der Waals surface area (Å²) in [5.74, 6) is -0.0591. The van der Waals surface area contributed by atoms with Crippen molar-refractivity contribution in [1.82, 2.24) is 10.2 Å². The molecule has 0 spiro atoms. The summed E-state index contributed by atoms with van der Waals surface area (Å²) in [7, 11) is -1.37. The number of nitrogens with one attached hydrogen (secondary N) is 1. The summed E-state index contributed by atoms with van der Waals surface area (Å²) in [5.41, 5.74) is 1.80. The maximum absolute atomic E-state index is 14.1. The van der Waals surface area contributed by atoms with Gasteiger partial charge in [0.15, 0.2) is 0 Å². The number of sulfonamides is 1. The van der Waals surface area contributed by atoms with Crippen molar-refractivity contribution in [3.8, 4) is 11.5 Å². The highest BCUT2D eigenvalue weighted by molar-refractivity contribution is 9.10. The Hall–Kier alpha value is -3.57. The first kappa shape index (κ1) is 32.9. The second-order valence-corrected chi connectivity index (χ2v) is 13.1. The standard InChI is InChI=1S/C31H38BrN3O6S/c1-21(2)18-33-31(37)23(4)34(19-24-9-11-25(32)12-10-24)30(36)20-35(28-17-26(40-5)13-16-29(28)41-6)42(38,39)27-14-7-22(3)8-15-27/h7-17,21,23H,18-20H2,1-6H3,(H,33,37)/t23-/m1/s1. The number of nitrogens with zero attached hydrogens (tertiary/aromatic N) is 2. The van der Waals surface area contributed by atoms with Crippen LogP contribution in [0.2, 0.25) is 0 Å². The van der Waals surface area contributed by atoms with Crippen LogP contribution in [0.4, 0.5) is 5.69 Å². The fourth-order valence-electron chi connectivity index (χ4n) is 4.16. The molecule has 0 saturated heterocycles. The molecule has 0 aliphatic rings. The monoisotopic (exact) mass is 659 g/mol. The Balaban J connectivity index is 2.10. The van der Waals surface area contributed by atoms with Crippen LogP contribution in [0.15, 0.2) is 76.1 Å². The molecule has 0 aromatic heterocycles. The van der Waals surface area contributed by atoms with E-state index in [0.29, 0.717) is 12.3 Å². The fraction of sp³-hybridized carbons (Fsp3) is 0.355. The third-order valence-corrected chi connectivity index (χ3v) is 8.96. The minimum Gasteiger partial charge on any atom is -0.497 e. The van der Waals surface area contributed by atoms with E-state index in [1.54, 1.807) is 31.2 Å². The van der Waals surface area contributed by atoms with E-state index >= 15 is 0 Å². The van der Waals surface area contributed by atoms with Crippen LogP contribution < -0.4 is 19.1 Å². The number of benzene rings is 3. The van der Waals surface area contributed by atoms with E-state index in [1.807, 2.05) is 45.0 Å². The predicted molar refractivity (Wildman–Crippen MR) is 167 cm³/mol. The zero-order chi connectivity index (χ0) is 31.0. The highest BCUT2D eigenvalue weighted by atomic mass is 79.9. The second kappa shape index (κ2) is 14.6. The van der Waals surface area contributed by atoms with Crippen molar-refractivity contribution in [1.29, 1.82) is 0 Å². The number of hydrogen-bond donors (Lipinski definition) is 1. The lowest BCUT2D eigenvalue weighted by Crippen LogP contribution is -2.51. The Morgan fingerprint density at radius 3 is 2.14 bits per heavy atom.